The maximum Gasteiger partial charge on any atom is 0.330 e. The molecule has 4 saturated carbocycles. The lowest BCUT2D eigenvalue weighted by Crippen LogP contribution is -2.53. The van der Waals surface area contributed by atoms with Crippen molar-refractivity contribution in [2.24, 2.45) is 28.4 Å². The molecule has 0 aromatic heterocycles. The Morgan fingerprint density at radius 1 is 1.16 bits per heavy atom. The van der Waals surface area contributed by atoms with Crippen molar-refractivity contribution in [2.45, 2.75) is 51.9 Å². The molecule has 0 aliphatic heterocycles. The highest BCUT2D eigenvalue weighted by atomic mass is 16.2. The highest BCUT2D eigenvalue weighted by Crippen LogP contribution is 2.66. The van der Waals surface area contributed by atoms with Gasteiger partial charge in [-0.3, -0.25) is 10.2 Å². The van der Waals surface area contributed by atoms with Crippen molar-refractivity contribution in [1.29, 1.82) is 0 Å². The molecule has 2 unspecified atom stereocenters. The second-order valence-corrected chi connectivity index (χ2v) is 7.49. The summed E-state index contributed by atoms with van der Waals surface area (Å²) in [4.78, 5) is 22.6. The van der Waals surface area contributed by atoms with Crippen LogP contribution < -0.4 is 16.6 Å². The zero-order valence-electron chi connectivity index (χ0n) is 11.5. The second-order valence-electron chi connectivity index (χ2n) is 7.49. The number of carbonyl (C=O) groups excluding carboxylic acids is 2. The fourth-order valence-corrected chi connectivity index (χ4v) is 5.65. The van der Waals surface area contributed by atoms with E-state index in [1.807, 2.05) is 0 Å². The molecule has 4 fully saturated rings. The average molecular weight is 265 g/mol. The molecule has 5 heteroatoms. The molecule has 4 aliphatic rings. The van der Waals surface area contributed by atoms with Crippen LogP contribution in [0.4, 0.5) is 4.79 Å². The molecular weight excluding hydrogens is 242 g/mol. The summed E-state index contributed by atoms with van der Waals surface area (Å²) < 4.78 is 0. The van der Waals surface area contributed by atoms with E-state index in [0.29, 0.717) is 11.8 Å². The van der Waals surface area contributed by atoms with Crippen LogP contribution in [0.15, 0.2) is 0 Å². The monoisotopic (exact) mass is 265 g/mol. The third kappa shape index (κ3) is 2.42. The van der Waals surface area contributed by atoms with E-state index in [0.717, 1.165) is 18.3 Å². The molecule has 0 aromatic rings. The molecule has 5 nitrogen and oxygen atoms in total. The van der Waals surface area contributed by atoms with Gasteiger partial charge in [-0.2, -0.15) is 0 Å². The molecular formula is C14H23N3O2. The lowest BCUT2D eigenvalue weighted by Gasteiger charge is -2.61. The lowest BCUT2D eigenvalue weighted by atomic mass is 9.44. The Labute approximate surface area is 113 Å². The van der Waals surface area contributed by atoms with E-state index in [2.05, 4.69) is 17.8 Å². The number of rotatable bonds is 2. The standard InChI is InChI=1S/C14H23N3O2/c1-13-3-9-2-10(4-13)6-14(5-9,8-13)7-11(18)16-17-12(15)19/h9-10H,2-8H2,1H3,(H,16,18)(H3,15,17,19)/t9-,10+,13?,14?. The summed E-state index contributed by atoms with van der Waals surface area (Å²) in [6.07, 6.45) is 8.09. The van der Waals surface area contributed by atoms with Crippen LogP contribution in [0.5, 0.6) is 0 Å². The van der Waals surface area contributed by atoms with Gasteiger partial charge in [-0.1, -0.05) is 6.92 Å². The zero-order chi connectivity index (χ0) is 13.7. The second kappa shape index (κ2) is 4.12. The molecule has 106 valence electrons. The van der Waals surface area contributed by atoms with Gasteiger partial charge in [-0.15, -0.1) is 0 Å². The van der Waals surface area contributed by atoms with Gasteiger partial charge < -0.3 is 5.73 Å². The summed E-state index contributed by atoms with van der Waals surface area (Å²) in [5.41, 5.74) is 10.2. The van der Waals surface area contributed by atoms with Gasteiger partial charge in [0.25, 0.3) is 0 Å². The summed E-state index contributed by atoms with van der Waals surface area (Å²) in [6, 6.07) is -0.717. The first kappa shape index (κ1) is 12.8. The van der Waals surface area contributed by atoms with E-state index in [1.165, 1.54) is 32.1 Å². The summed E-state index contributed by atoms with van der Waals surface area (Å²) in [5, 5.41) is 0. The number of nitrogens with two attached hydrogens (primary N) is 1. The van der Waals surface area contributed by atoms with E-state index in [4.69, 9.17) is 5.73 Å². The van der Waals surface area contributed by atoms with Gasteiger partial charge in [0.15, 0.2) is 0 Å². The van der Waals surface area contributed by atoms with Crippen molar-refractivity contribution in [3.8, 4) is 0 Å². The third-order valence-electron chi connectivity index (χ3n) is 5.34. The Morgan fingerprint density at radius 2 is 1.79 bits per heavy atom. The van der Waals surface area contributed by atoms with E-state index in [1.54, 1.807) is 0 Å². The Balaban J connectivity index is 1.67. The molecule has 19 heavy (non-hydrogen) atoms. The SMILES string of the molecule is CC12C[C@H]3C[C@@H](C1)CC(CC(=O)NNC(N)=O)(C3)C2. The minimum Gasteiger partial charge on any atom is -0.350 e. The summed E-state index contributed by atoms with van der Waals surface area (Å²) in [5.74, 6) is 1.51. The Bertz CT molecular complexity index is 407. The van der Waals surface area contributed by atoms with Crippen LogP contribution in [-0.2, 0) is 4.79 Å². The number of amides is 3. The smallest absolute Gasteiger partial charge is 0.330 e. The van der Waals surface area contributed by atoms with Gasteiger partial charge in [0.1, 0.15) is 0 Å². The number of hydrazine groups is 1. The topological polar surface area (TPSA) is 84.2 Å². The molecule has 4 rings (SSSR count). The number of hydrogen-bond acceptors (Lipinski definition) is 2. The van der Waals surface area contributed by atoms with Crippen LogP contribution >= 0.6 is 0 Å². The van der Waals surface area contributed by atoms with Crippen LogP contribution in [0.3, 0.4) is 0 Å². The minimum atomic E-state index is -0.717. The summed E-state index contributed by atoms with van der Waals surface area (Å²) >= 11 is 0. The maximum atomic E-state index is 12.0. The fraction of sp³-hybridized carbons (Fsp3) is 0.857. The zero-order valence-corrected chi connectivity index (χ0v) is 11.5. The quantitative estimate of drug-likeness (QED) is 0.664. The largest absolute Gasteiger partial charge is 0.350 e. The van der Waals surface area contributed by atoms with Gasteiger partial charge in [0.2, 0.25) is 5.91 Å². The third-order valence-corrected chi connectivity index (χ3v) is 5.34. The van der Waals surface area contributed by atoms with Crippen LogP contribution in [0, 0.1) is 22.7 Å². The van der Waals surface area contributed by atoms with Crippen LogP contribution in [0.2, 0.25) is 0 Å². The molecule has 0 radical (unpaired) electrons. The molecule has 0 spiro atoms. The molecule has 4 N–H and O–H groups in total. The number of hydrogen-bond donors (Lipinski definition) is 3. The lowest BCUT2D eigenvalue weighted by molar-refractivity contribution is -0.137. The van der Waals surface area contributed by atoms with Gasteiger partial charge in [-0.05, 0) is 61.2 Å². The van der Waals surface area contributed by atoms with Crippen molar-refractivity contribution in [3.05, 3.63) is 0 Å². The fourth-order valence-electron chi connectivity index (χ4n) is 5.65. The Kier molecular flexibility index (Phi) is 2.76. The molecule has 3 amide bonds. The van der Waals surface area contributed by atoms with Crippen molar-refractivity contribution < 1.29 is 9.59 Å². The van der Waals surface area contributed by atoms with E-state index in [9.17, 15) is 9.59 Å². The van der Waals surface area contributed by atoms with Gasteiger partial charge in [-0.25, -0.2) is 10.2 Å². The van der Waals surface area contributed by atoms with Crippen LogP contribution in [-0.4, -0.2) is 11.9 Å². The number of nitrogens with one attached hydrogen (secondary N) is 2. The molecule has 4 atom stereocenters. The van der Waals surface area contributed by atoms with E-state index >= 15 is 0 Å². The first-order chi connectivity index (χ1) is 8.88. The minimum absolute atomic E-state index is 0.107. The first-order valence-electron chi connectivity index (χ1n) is 7.22. The van der Waals surface area contributed by atoms with Crippen molar-refractivity contribution in [2.75, 3.05) is 0 Å². The molecule has 4 bridgehead atoms. The molecule has 4 aliphatic carbocycles. The van der Waals surface area contributed by atoms with Crippen LogP contribution in [0.25, 0.3) is 0 Å². The first-order valence-corrected chi connectivity index (χ1v) is 7.22. The summed E-state index contributed by atoms with van der Waals surface area (Å²) in [6.45, 7) is 2.39. The van der Waals surface area contributed by atoms with Gasteiger partial charge in [0.05, 0.1) is 0 Å². The van der Waals surface area contributed by atoms with E-state index in [-0.39, 0.29) is 11.3 Å². The molecule has 0 heterocycles. The predicted molar refractivity (Wildman–Crippen MR) is 70.7 cm³/mol. The average Bonchev–Trinajstić information content (AvgIpc) is 2.21. The van der Waals surface area contributed by atoms with Crippen LogP contribution in [0.1, 0.15) is 51.9 Å². The summed E-state index contributed by atoms with van der Waals surface area (Å²) in [7, 11) is 0. The highest BCUT2D eigenvalue weighted by Gasteiger charge is 2.56. The highest BCUT2D eigenvalue weighted by molar-refractivity contribution is 5.80. The Hall–Kier alpha value is -1.26. The molecule has 0 saturated heterocycles. The number of carbonyl (C=O) groups is 2. The maximum absolute atomic E-state index is 12.0. The van der Waals surface area contributed by atoms with Crippen molar-refractivity contribution in [3.63, 3.8) is 0 Å². The predicted octanol–water partition coefficient (Wildman–Crippen LogP) is 1.68. The normalized spacial score (nSPS) is 43.0. The van der Waals surface area contributed by atoms with Crippen molar-refractivity contribution >= 4 is 11.9 Å². The van der Waals surface area contributed by atoms with Crippen molar-refractivity contribution in [1.82, 2.24) is 10.9 Å². The van der Waals surface area contributed by atoms with Gasteiger partial charge in [0, 0.05) is 6.42 Å². The number of primary amides is 1. The number of urea groups is 1. The van der Waals surface area contributed by atoms with E-state index < -0.39 is 6.03 Å². The Morgan fingerprint density at radius 3 is 2.32 bits per heavy atom. The van der Waals surface area contributed by atoms with Gasteiger partial charge >= 0.3 is 6.03 Å². The molecule has 0 aromatic carbocycles.